The lowest BCUT2D eigenvalue weighted by Gasteiger charge is -2.31. The van der Waals surface area contributed by atoms with Gasteiger partial charge in [-0.05, 0) is 50.6 Å². The number of nitrogens with zero attached hydrogens (tertiary/aromatic N) is 3. The minimum absolute atomic E-state index is 0.331. The van der Waals surface area contributed by atoms with Crippen LogP contribution in [-0.4, -0.2) is 44.3 Å². The molecule has 0 aliphatic rings. The van der Waals surface area contributed by atoms with E-state index in [1.807, 2.05) is 19.2 Å². The molecule has 0 unspecified atom stereocenters. The summed E-state index contributed by atoms with van der Waals surface area (Å²) in [6.45, 7) is 4.88. The third kappa shape index (κ3) is 2.72. The summed E-state index contributed by atoms with van der Waals surface area (Å²) in [7, 11) is 1.49. The number of carboxylic acids is 1. The van der Waals surface area contributed by atoms with Crippen LogP contribution in [0.1, 0.15) is 29.8 Å². The smallest absolute Gasteiger partial charge is 0.329 e. The topological polar surface area (TPSA) is 75.4 Å². The van der Waals surface area contributed by atoms with E-state index in [4.69, 9.17) is 0 Å². The van der Waals surface area contributed by atoms with Crippen molar-refractivity contribution >= 4 is 11.9 Å². The van der Waals surface area contributed by atoms with Crippen LogP contribution in [0.4, 0.5) is 0 Å². The van der Waals surface area contributed by atoms with Gasteiger partial charge in [-0.3, -0.25) is 4.79 Å². The zero-order valence-corrected chi connectivity index (χ0v) is 13.1. The van der Waals surface area contributed by atoms with E-state index in [-0.39, 0.29) is 5.91 Å². The van der Waals surface area contributed by atoms with Gasteiger partial charge in [0, 0.05) is 25.0 Å². The van der Waals surface area contributed by atoms with Gasteiger partial charge in [0.25, 0.3) is 5.91 Å². The molecular formula is C16H19N3O3. The first-order valence-electron chi connectivity index (χ1n) is 6.87. The molecule has 0 aliphatic carbocycles. The highest BCUT2D eigenvalue weighted by atomic mass is 16.4. The Morgan fingerprint density at radius 1 is 1.32 bits per heavy atom. The van der Waals surface area contributed by atoms with Crippen molar-refractivity contribution in [2.45, 2.75) is 26.3 Å². The molecule has 1 aromatic heterocycles. The Morgan fingerprint density at radius 3 is 2.50 bits per heavy atom. The number of amides is 1. The maximum Gasteiger partial charge on any atom is 0.329 e. The Hall–Kier alpha value is -2.63. The predicted molar refractivity (Wildman–Crippen MR) is 82.1 cm³/mol. The van der Waals surface area contributed by atoms with Crippen molar-refractivity contribution in [3.63, 3.8) is 0 Å². The van der Waals surface area contributed by atoms with Crippen molar-refractivity contribution in [2.24, 2.45) is 0 Å². The number of carboxylic acid groups (broad SMARTS) is 1. The summed E-state index contributed by atoms with van der Waals surface area (Å²) in [5, 5.41) is 13.4. The molecule has 0 aliphatic heterocycles. The van der Waals surface area contributed by atoms with Crippen molar-refractivity contribution in [1.82, 2.24) is 14.7 Å². The van der Waals surface area contributed by atoms with Crippen molar-refractivity contribution in [3.8, 4) is 5.69 Å². The second-order valence-corrected chi connectivity index (χ2v) is 5.68. The second kappa shape index (κ2) is 5.63. The molecule has 0 fully saturated rings. The summed E-state index contributed by atoms with van der Waals surface area (Å²) in [4.78, 5) is 25.0. The molecule has 1 aromatic carbocycles. The molecule has 2 aromatic rings. The molecule has 1 N–H and O–H groups in total. The Morgan fingerprint density at radius 2 is 2.00 bits per heavy atom. The molecule has 6 nitrogen and oxygen atoms in total. The molecule has 0 bridgehead atoms. The second-order valence-electron chi connectivity index (χ2n) is 5.68. The van der Waals surface area contributed by atoms with Gasteiger partial charge in [0.2, 0.25) is 0 Å². The van der Waals surface area contributed by atoms with Gasteiger partial charge in [-0.2, -0.15) is 5.10 Å². The highest BCUT2D eigenvalue weighted by Crippen LogP contribution is 2.20. The minimum Gasteiger partial charge on any atom is -0.480 e. The minimum atomic E-state index is -1.27. The van der Waals surface area contributed by atoms with Gasteiger partial charge in [0.05, 0.1) is 5.69 Å². The average molecular weight is 301 g/mol. The molecule has 1 amide bonds. The molecule has 0 radical (unpaired) electrons. The molecule has 6 heteroatoms. The van der Waals surface area contributed by atoms with E-state index < -0.39 is 11.5 Å². The molecular weight excluding hydrogens is 282 g/mol. The number of carbonyl (C=O) groups is 2. The summed E-state index contributed by atoms with van der Waals surface area (Å²) in [6.07, 6.45) is 3.51. The van der Waals surface area contributed by atoms with Crippen molar-refractivity contribution < 1.29 is 14.7 Å². The lowest BCUT2D eigenvalue weighted by Crippen LogP contribution is -2.50. The average Bonchev–Trinajstić information content (AvgIpc) is 2.99. The van der Waals surface area contributed by atoms with Crippen LogP contribution in [0.5, 0.6) is 0 Å². The number of aromatic nitrogens is 2. The van der Waals surface area contributed by atoms with Gasteiger partial charge < -0.3 is 10.0 Å². The Balaban J connectivity index is 2.32. The number of hydrogen-bond donors (Lipinski definition) is 1. The number of benzene rings is 1. The molecule has 2 rings (SSSR count). The number of rotatable bonds is 4. The van der Waals surface area contributed by atoms with E-state index >= 15 is 0 Å². The zero-order chi connectivity index (χ0) is 16.5. The van der Waals surface area contributed by atoms with Crippen molar-refractivity contribution in [2.75, 3.05) is 7.05 Å². The first kappa shape index (κ1) is 15.8. The van der Waals surface area contributed by atoms with Crippen LogP contribution in [0.2, 0.25) is 0 Å². The Labute approximate surface area is 129 Å². The molecule has 0 saturated carbocycles. The Kier molecular flexibility index (Phi) is 4.03. The van der Waals surface area contributed by atoms with Gasteiger partial charge >= 0.3 is 5.97 Å². The van der Waals surface area contributed by atoms with E-state index in [9.17, 15) is 14.7 Å². The van der Waals surface area contributed by atoms with Gasteiger partial charge in [-0.1, -0.05) is 0 Å². The molecule has 116 valence electrons. The lowest BCUT2D eigenvalue weighted by molar-refractivity contribution is -0.147. The third-order valence-corrected chi connectivity index (χ3v) is 3.86. The summed E-state index contributed by atoms with van der Waals surface area (Å²) in [5.74, 6) is -1.38. The van der Waals surface area contributed by atoms with Crippen LogP contribution in [0.3, 0.4) is 0 Å². The van der Waals surface area contributed by atoms with Crippen LogP contribution in [0, 0.1) is 6.92 Å². The first-order valence-corrected chi connectivity index (χ1v) is 6.87. The fraction of sp³-hybridized carbons (Fsp3) is 0.312. The van der Waals surface area contributed by atoms with Crippen LogP contribution in [0.15, 0.2) is 36.7 Å². The first-order chi connectivity index (χ1) is 10.2. The molecule has 0 saturated heterocycles. The maximum absolute atomic E-state index is 12.5. The number of carbonyl (C=O) groups excluding carboxylic acids is 1. The van der Waals surface area contributed by atoms with Gasteiger partial charge in [0.1, 0.15) is 5.54 Å². The highest BCUT2D eigenvalue weighted by molar-refractivity contribution is 5.97. The summed E-state index contributed by atoms with van der Waals surface area (Å²) >= 11 is 0. The van der Waals surface area contributed by atoms with Crippen LogP contribution < -0.4 is 0 Å². The highest BCUT2D eigenvalue weighted by Gasteiger charge is 2.35. The van der Waals surface area contributed by atoms with Gasteiger partial charge in [-0.15, -0.1) is 0 Å². The summed E-state index contributed by atoms with van der Waals surface area (Å²) < 4.78 is 1.72. The predicted octanol–water partition coefficient (Wildman–Crippen LogP) is 2.12. The third-order valence-electron chi connectivity index (χ3n) is 3.86. The SMILES string of the molecule is Cc1cc(C(=O)N(C)C(C)(C)C(=O)O)ccc1-n1cccn1. The number of aryl methyl sites for hydroxylation is 1. The summed E-state index contributed by atoms with van der Waals surface area (Å²) in [5.41, 5.74) is 0.939. The van der Waals surface area contributed by atoms with Gasteiger partial charge in [0.15, 0.2) is 0 Å². The maximum atomic E-state index is 12.5. The zero-order valence-electron chi connectivity index (χ0n) is 13.1. The van der Waals surface area contributed by atoms with E-state index in [1.54, 1.807) is 29.1 Å². The largest absolute Gasteiger partial charge is 0.480 e. The fourth-order valence-corrected chi connectivity index (χ4v) is 2.05. The van der Waals surface area contributed by atoms with E-state index in [1.165, 1.54) is 25.8 Å². The lowest BCUT2D eigenvalue weighted by atomic mass is 10.0. The quantitative estimate of drug-likeness (QED) is 0.938. The van der Waals surface area contributed by atoms with Crippen molar-refractivity contribution in [1.29, 1.82) is 0 Å². The van der Waals surface area contributed by atoms with E-state index in [0.29, 0.717) is 5.56 Å². The van der Waals surface area contributed by atoms with Crippen LogP contribution >= 0.6 is 0 Å². The number of aliphatic carboxylic acids is 1. The van der Waals surface area contributed by atoms with Crippen LogP contribution in [-0.2, 0) is 4.79 Å². The Bertz CT molecular complexity index is 705. The summed E-state index contributed by atoms with van der Waals surface area (Å²) in [6, 6.07) is 7.05. The van der Waals surface area contributed by atoms with Gasteiger partial charge in [-0.25, -0.2) is 9.48 Å². The standard InChI is InChI=1S/C16H19N3O3/c1-11-10-12(6-7-13(11)19-9-5-8-17-19)14(20)18(4)16(2,3)15(21)22/h5-10H,1-4H3,(H,21,22). The molecule has 0 spiro atoms. The molecule has 22 heavy (non-hydrogen) atoms. The fourth-order valence-electron chi connectivity index (χ4n) is 2.05. The van der Waals surface area contributed by atoms with Crippen LogP contribution in [0.25, 0.3) is 5.69 Å². The molecule has 1 heterocycles. The number of likely N-dealkylation sites (N-methyl/N-ethyl adjacent to an activating group) is 1. The van der Waals surface area contributed by atoms with E-state index in [0.717, 1.165) is 11.3 Å². The van der Waals surface area contributed by atoms with E-state index in [2.05, 4.69) is 5.10 Å². The van der Waals surface area contributed by atoms with Crippen molar-refractivity contribution in [3.05, 3.63) is 47.8 Å². The molecule has 0 atom stereocenters. The normalized spacial score (nSPS) is 11.3. The monoisotopic (exact) mass is 301 g/mol. The number of hydrogen-bond acceptors (Lipinski definition) is 3.